The minimum Gasteiger partial charge on any atom is -0.324 e. The molecule has 27 heavy (non-hydrogen) atoms. The SMILES string of the molecule is Cc1ccccc1NC(=O)[C@@H]1[C@@H]2[C@@H]3C[C@@H]([C@@H]2ON1c1ccccc1)[C@@H](Cl)C3. The summed E-state index contributed by atoms with van der Waals surface area (Å²) in [5.41, 5.74) is 2.83. The number of halogens is 1. The standard InChI is InChI=1S/C22H23ClN2O2/c1-13-7-5-6-10-18(13)24-22(26)20-19-14-11-16(17(23)12-14)21(19)27-25(20)15-8-3-2-4-9-15/h2-10,14,16-17,19-21H,11-12H2,1H3,(H,24,26)/t14-,16-,17+,19+,20+,21+/m1/s1. The second-order valence-corrected chi connectivity index (χ2v) is 8.53. The van der Waals surface area contributed by atoms with Gasteiger partial charge in [0, 0.05) is 22.9 Å². The number of carbonyl (C=O) groups is 1. The Morgan fingerprint density at radius 1 is 1.11 bits per heavy atom. The lowest BCUT2D eigenvalue weighted by atomic mass is 9.81. The Bertz CT molecular complexity index is 858. The molecule has 1 N–H and O–H groups in total. The second kappa shape index (κ2) is 6.54. The third-order valence-electron chi connectivity index (χ3n) is 6.45. The maximum Gasteiger partial charge on any atom is 0.250 e. The van der Waals surface area contributed by atoms with Crippen LogP contribution in [0.15, 0.2) is 54.6 Å². The highest BCUT2D eigenvalue weighted by Crippen LogP contribution is 2.57. The molecule has 2 aromatic rings. The number of alkyl halides is 1. The van der Waals surface area contributed by atoms with Gasteiger partial charge in [0.1, 0.15) is 6.04 Å². The number of benzene rings is 2. The monoisotopic (exact) mass is 382 g/mol. The van der Waals surface area contributed by atoms with Crippen LogP contribution in [0.5, 0.6) is 0 Å². The van der Waals surface area contributed by atoms with Gasteiger partial charge in [0.05, 0.1) is 11.8 Å². The summed E-state index contributed by atoms with van der Waals surface area (Å²) in [6.45, 7) is 2.01. The summed E-state index contributed by atoms with van der Waals surface area (Å²) in [6, 6.07) is 17.5. The number of hydrogen-bond donors (Lipinski definition) is 1. The first kappa shape index (κ1) is 17.1. The van der Waals surface area contributed by atoms with Crippen LogP contribution in [-0.2, 0) is 9.63 Å². The normalized spacial score (nSPS) is 33.9. The first-order valence-electron chi connectivity index (χ1n) is 9.65. The van der Waals surface area contributed by atoms with Crippen molar-refractivity contribution in [1.29, 1.82) is 0 Å². The smallest absolute Gasteiger partial charge is 0.250 e. The summed E-state index contributed by atoms with van der Waals surface area (Å²) in [5, 5.41) is 5.13. The zero-order chi connectivity index (χ0) is 18.5. The van der Waals surface area contributed by atoms with Gasteiger partial charge in [-0.3, -0.25) is 9.63 Å². The van der Waals surface area contributed by atoms with Crippen molar-refractivity contribution in [2.24, 2.45) is 17.8 Å². The Hall–Kier alpha value is -2.04. The van der Waals surface area contributed by atoms with Gasteiger partial charge in [0.25, 0.3) is 0 Å². The van der Waals surface area contributed by atoms with Gasteiger partial charge in [-0.05, 0) is 49.4 Å². The molecule has 0 radical (unpaired) electrons. The van der Waals surface area contributed by atoms with Crippen LogP contribution in [0.2, 0.25) is 0 Å². The van der Waals surface area contributed by atoms with Crippen LogP contribution >= 0.6 is 11.6 Å². The molecule has 0 aromatic heterocycles. The molecule has 3 fully saturated rings. The van der Waals surface area contributed by atoms with Crippen LogP contribution < -0.4 is 10.4 Å². The number of anilines is 2. The van der Waals surface area contributed by atoms with Crippen LogP contribution in [0.1, 0.15) is 18.4 Å². The fourth-order valence-corrected chi connectivity index (χ4v) is 5.68. The van der Waals surface area contributed by atoms with Gasteiger partial charge >= 0.3 is 0 Å². The molecule has 2 bridgehead atoms. The molecule has 1 saturated heterocycles. The zero-order valence-electron chi connectivity index (χ0n) is 15.2. The van der Waals surface area contributed by atoms with E-state index in [0.717, 1.165) is 29.8 Å². The Balaban J connectivity index is 1.48. The Labute approximate surface area is 164 Å². The van der Waals surface area contributed by atoms with Gasteiger partial charge in [0.15, 0.2) is 0 Å². The molecule has 1 amide bonds. The van der Waals surface area contributed by atoms with Gasteiger partial charge in [0.2, 0.25) is 5.91 Å². The molecule has 1 heterocycles. The largest absolute Gasteiger partial charge is 0.324 e. The summed E-state index contributed by atoms with van der Waals surface area (Å²) in [7, 11) is 0. The van der Waals surface area contributed by atoms with E-state index in [1.54, 1.807) is 0 Å². The molecule has 5 rings (SSSR count). The van der Waals surface area contributed by atoms with E-state index in [2.05, 4.69) is 5.32 Å². The molecule has 3 aliphatic rings. The van der Waals surface area contributed by atoms with Crippen LogP contribution in [-0.4, -0.2) is 23.4 Å². The Kier molecular flexibility index (Phi) is 4.14. The quantitative estimate of drug-likeness (QED) is 0.800. The Morgan fingerprint density at radius 3 is 2.63 bits per heavy atom. The fourth-order valence-electron chi connectivity index (χ4n) is 5.20. The average molecular weight is 383 g/mol. The van der Waals surface area contributed by atoms with Crippen LogP contribution in [0.4, 0.5) is 11.4 Å². The van der Waals surface area contributed by atoms with Crippen LogP contribution in [0, 0.1) is 24.7 Å². The zero-order valence-corrected chi connectivity index (χ0v) is 16.0. The molecule has 1 aliphatic heterocycles. The van der Waals surface area contributed by atoms with Crippen molar-refractivity contribution in [2.75, 3.05) is 10.4 Å². The van der Waals surface area contributed by atoms with E-state index in [-0.39, 0.29) is 29.3 Å². The minimum absolute atomic E-state index is 0.000625. The molecular formula is C22H23ClN2O2. The van der Waals surface area contributed by atoms with Crippen molar-refractivity contribution in [2.45, 2.75) is 37.3 Å². The Morgan fingerprint density at radius 2 is 1.85 bits per heavy atom. The van der Waals surface area contributed by atoms with E-state index in [9.17, 15) is 4.79 Å². The van der Waals surface area contributed by atoms with E-state index in [1.807, 2.05) is 66.6 Å². The highest BCUT2D eigenvalue weighted by atomic mass is 35.5. The van der Waals surface area contributed by atoms with Crippen molar-refractivity contribution in [3.05, 3.63) is 60.2 Å². The first-order chi connectivity index (χ1) is 13.1. The van der Waals surface area contributed by atoms with Gasteiger partial charge in [-0.1, -0.05) is 36.4 Å². The van der Waals surface area contributed by atoms with Gasteiger partial charge in [-0.25, -0.2) is 5.06 Å². The van der Waals surface area contributed by atoms with Crippen molar-refractivity contribution in [1.82, 2.24) is 0 Å². The number of nitrogens with zero attached hydrogens (tertiary/aromatic N) is 1. The van der Waals surface area contributed by atoms with E-state index >= 15 is 0 Å². The number of fused-ring (bicyclic) bond motifs is 5. The van der Waals surface area contributed by atoms with Crippen LogP contribution in [0.25, 0.3) is 0 Å². The predicted octanol–water partition coefficient (Wildman–Crippen LogP) is 4.39. The van der Waals surface area contributed by atoms with Gasteiger partial charge < -0.3 is 5.32 Å². The van der Waals surface area contributed by atoms with E-state index in [4.69, 9.17) is 16.4 Å². The summed E-state index contributed by atoms with van der Waals surface area (Å²) in [5.74, 6) is 0.974. The summed E-state index contributed by atoms with van der Waals surface area (Å²) >= 11 is 6.55. The molecule has 2 aliphatic carbocycles. The third kappa shape index (κ3) is 2.74. The molecule has 0 spiro atoms. The van der Waals surface area contributed by atoms with Crippen molar-refractivity contribution in [3.8, 4) is 0 Å². The summed E-state index contributed by atoms with van der Waals surface area (Å²) in [6.07, 6.45) is 2.08. The molecule has 5 heteroatoms. The number of amides is 1. The number of hydrogen-bond acceptors (Lipinski definition) is 3. The van der Waals surface area contributed by atoms with E-state index in [1.165, 1.54) is 0 Å². The summed E-state index contributed by atoms with van der Waals surface area (Å²) < 4.78 is 0. The van der Waals surface area contributed by atoms with Crippen molar-refractivity contribution >= 4 is 28.9 Å². The number of rotatable bonds is 3. The second-order valence-electron chi connectivity index (χ2n) is 7.97. The molecular weight excluding hydrogens is 360 g/mol. The van der Waals surface area contributed by atoms with Crippen molar-refractivity contribution < 1.29 is 9.63 Å². The number of nitrogens with one attached hydrogen (secondary N) is 1. The lowest BCUT2D eigenvalue weighted by Crippen LogP contribution is -2.45. The molecule has 2 saturated carbocycles. The highest BCUT2D eigenvalue weighted by Gasteiger charge is 2.62. The third-order valence-corrected chi connectivity index (χ3v) is 6.95. The number of carbonyl (C=O) groups excluding carboxylic acids is 1. The molecule has 6 atom stereocenters. The first-order valence-corrected chi connectivity index (χ1v) is 10.1. The maximum atomic E-state index is 13.4. The van der Waals surface area contributed by atoms with E-state index < -0.39 is 0 Å². The number of para-hydroxylation sites is 2. The molecule has 2 aromatic carbocycles. The van der Waals surface area contributed by atoms with Crippen molar-refractivity contribution in [3.63, 3.8) is 0 Å². The lowest BCUT2D eigenvalue weighted by molar-refractivity contribution is -0.118. The van der Waals surface area contributed by atoms with E-state index in [0.29, 0.717) is 11.8 Å². The molecule has 0 unspecified atom stereocenters. The molecule has 4 nitrogen and oxygen atoms in total. The molecule has 140 valence electrons. The lowest BCUT2D eigenvalue weighted by Gasteiger charge is -2.29. The van der Waals surface area contributed by atoms with Gasteiger partial charge in [-0.15, -0.1) is 11.6 Å². The number of hydroxylamine groups is 1. The number of aryl methyl sites for hydroxylation is 1. The fraction of sp³-hybridized carbons (Fsp3) is 0.409. The van der Waals surface area contributed by atoms with Gasteiger partial charge in [-0.2, -0.15) is 0 Å². The average Bonchev–Trinajstić information content (AvgIpc) is 3.34. The highest BCUT2D eigenvalue weighted by molar-refractivity contribution is 6.21. The van der Waals surface area contributed by atoms with Crippen LogP contribution in [0.3, 0.4) is 0 Å². The minimum atomic E-state index is -0.337. The maximum absolute atomic E-state index is 13.4. The topological polar surface area (TPSA) is 41.6 Å². The summed E-state index contributed by atoms with van der Waals surface area (Å²) in [4.78, 5) is 19.8. The predicted molar refractivity (Wildman–Crippen MR) is 107 cm³/mol.